The van der Waals surface area contributed by atoms with Gasteiger partial charge < -0.3 is 19.5 Å². The minimum absolute atomic E-state index is 0.209. The fraction of sp³-hybridized carbons (Fsp3) is 0.562. The summed E-state index contributed by atoms with van der Waals surface area (Å²) in [5.41, 5.74) is 0.209. The molecule has 0 aliphatic carbocycles. The number of likely N-dealkylation sites (N-methyl/N-ethyl adjacent to an activating group) is 1. The first-order valence-corrected chi connectivity index (χ1v) is 7.38. The molecule has 1 N–H and O–H groups in total. The first kappa shape index (κ1) is 15.8. The van der Waals surface area contributed by atoms with Crippen LogP contribution in [0.5, 0.6) is 5.75 Å². The molecular weight excluding hydrogens is 270 g/mol. The summed E-state index contributed by atoms with van der Waals surface area (Å²) in [7, 11) is 2.06. The van der Waals surface area contributed by atoms with Crippen LogP contribution in [0.4, 0.5) is 0 Å². The van der Waals surface area contributed by atoms with E-state index >= 15 is 0 Å². The maximum atomic E-state index is 11.1. The summed E-state index contributed by atoms with van der Waals surface area (Å²) in [5, 5.41) is 9.09. The van der Waals surface area contributed by atoms with E-state index in [1.54, 1.807) is 24.3 Å². The largest absolute Gasteiger partial charge is 0.491 e. The summed E-state index contributed by atoms with van der Waals surface area (Å²) >= 11 is 0. The molecule has 1 aromatic rings. The van der Waals surface area contributed by atoms with Crippen LogP contribution in [0.25, 0.3) is 0 Å². The molecular formula is C16H23NO4. The maximum absolute atomic E-state index is 11.1. The van der Waals surface area contributed by atoms with Gasteiger partial charge in [-0.1, -0.05) is 12.1 Å². The van der Waals surface area contributed by atoms with Gasteiger partial charge in [0.25, 0.3) is 0 Å². The van der Waals surface area contributed by atoms with Crippen LogP contribution in [0.1, 0.15) is 23.2 Å². The lowest BCUT2D eigenvalue weighted by molar-refractivity contribution is 0.0405. The van der Waals surface area contributed by atoms with E-state index in [0.29, 0.717) is 18.3 Å². The highest BCUT2D eigenvalue weighted by molar-refractivity contribution is 5.90. The SMILES string of the molecule is CN(CCOc1ccccc1C(=O)O)CC1CCCOC1. The minimum atomic E-state index is -0.960. The molecule has 1 aliphatic rings. The summed E-state index contributed by atoms with van der Waals surface area (Å²) in [6, 6.07) is 6.73. The van der Waals surface area contributed by atoms with E-state index < -0.39 is 5.97 Å². The van der Waals surface area contributed by atoms with E-state index in [9.17, 15) is 4.79 Å². The van der Waals surface area contributed by atoms with Crippen LogP contribution < -0.4 is 4.74 Å². The lowest BCUT2D eigenvalue weighted by atomic mass is 10.0. The number of rotatable bonds is 7. The summed E-state index contributed by atoms with van der Waals surface area (Å²) in [4.78, 5) is 13.3. The Morgan fingerprint density at radius 3 is 3.00 bits per heavy atom. The molecule has 1 heterocycles. The number of hydrogen-bond donors (Lipinski definition) is 1. The third-order valence-electron chi connectivity index (χ3n) is 3.67. The van der Waals surface area contributed by atoms with Crippen molar-refractivity contribution in [2.75, 3.05) is 40.0 Å². The highest BCUT2D eigenvalue weighted by atomic mass is 16.5. The van der Waals surface area contributed by atoms with Crippen LogP contribution >= 0.6 is 0 Å². The molecule has 116 valence electrons. The number of benzene rings is 1. The number of ether oxygens (including phenoxy) is 2. The second kappa shape index (κ2) is 8.00. The van der Waals surface area contributed by atoms with Gasteiger partial charge in [0.05, 0.1) is 6.61 Å². The normalized spacial score (nSPS) is 18.7. The van der Waals surface area contributed by atoms with Crippen molar-refractivity contribution in [1.29, 1.82) is 0 Å². The standard InChI is InChI=1S/C16H23NO4/c1-17(11-13-5-4-9-20-12-13)8-10-21-15-7-3-2-6-14(15)16(18)19/h2-3,6-7,13H,4-5,8-12H2,1H3,(H,18,19). The van der Waals surface area contributed by atoms with Gasteiger partial charge in [-0.2, -0.15) is 0 Å². The summed E-state index contributed by atoms with van der Waals surface area (Å²) in [6.45, 7) is 3.96. The Hall–Kier alpha value is -1.59. The quantitative estimate of drug-likeness (QED) is 0.834. The predicted molar refractivity (Wildman–Crippen MR) is 79.9 cm³/mol. The Bertz CT molecular complexity index is 457. The minimum Gasteiger partial charge on any atom is -0.491 e. The lowest BCUT2D eigenvalue weighted by Gasteiger charge is -2.27. The molecule has 5 heteroatoms. The Kier molecular flexibility index (Phi) is 6.02. The number of nitrogens with zero attached hydrogens (tertiary/aromatic N) is 1. The molecule has 0 amide bonds. The van der Waals surface area contributed by atoms with Gasteiger partial charge in [0.15, 0.2) is 0 Å². The van der Waals surface area contributed by atoms with Crippen molar-refractivity contribution < 1.29 is 19.4 Å². The number of para-hydroxylation sites is 1. The van der Waals surface area contributed by atoms with Gasteiger partial charge in [0.1, 0.15) is 17.9 Å². The van der Waals surface area contributed by atoms with Gasteiger partial charge in [-0.3, -0.25) is 0 Å². The topological polar surface area (TPSA) is 59.0 Å². The second-order valence-electron chi connectivity index (χ2n) is 5.50. The average Bonchev–Trinajstić information content (AvgIpc) is 2.48. The lowest BCUT2D eigenvalue weighted by Crippen LogP contribution is -2.33. The summed E-state index contributed by atoms with van der Waals surface area (Å²) < 4.78 is 11.1. The Labute approximate surface area is 125 Å². The van der Waals surface area contributed by atoms with E-state index in [0.717, 1.165) is 32.7 Å². The number of carboxylic acid groups (broad SMARTS) is 1. The second-order valence-corrected chi connectivity index (χ2v) is 5.50. The van der Waals surface area contributed by atoms with Gasteiger partial charge in [0, 0.05) is 19.7 Å². The average molecular weight is 293 g/mol. The molecule has 1 saturated heterocycles. The molecule has 1 aliphatic heterocycles. The Balaban J connectivity index is 1.74. The molecule has 1 aromatic carbocycles. The van der Waals surface area contributed by atoms with Crippen molar-refractivity contribution in [3.63, 3.8) is 0 Å². The van der Waals surface area contributed by atoms with Crippen LogP contribution in [0, 0.1) is 5.92 Å². The molecule has 0 saturated carbocycles. The van der Waals surface area contributed by atoms with Crippen LogP contribution in [0.2, 0.25) is 0 Å². The molecule has 1 atom stereocenters. The van der Waals surface area contributed by atoms with Crippen LogP contribution in [0.15, 0.2) is 24.3 Å². The number of carbonyl (C=O) groups is 1. The number of carboxylic acids is 1. The van der Waals surface area contributed by atoms with Gasteiger partial charge in [-0.05, 0) is 37.9 Å². The third-order valence-corrected chi connectivity index (χ3v) is 3.67. The highest BCUT2D eigenvalue weighted by Gasteiger charge is 2.16. The Morgan fingerprint density at radius 1 is 1.48 bits per heavy atom. The zero-order valence-corrected chi connectivity index (χ0v) is 12.5. The molecule has 21 heavy (non-hydrogen) atoms. The van der Waals surface area contributed by atoms with Crippen molar-refractivity contribution in [2.45, 2.75) is 12.8 Å². The van der Waals surface area contributed by atoms with E-state index in [4.69, 9.17) is 14.6 Å². The van der Waals surface area contributed by atoms with E-state index in [1.807, 2.05) is 0 Å². The molecule has 1 unspecified atom stereocenters. The zero-order chi connectivity index (χ0) is 15.1. The molecule has 0 radical (unpaired) electrons. The van der Waals surface area contributed by atoms with E-state index in [1.165, 1.54) is 6.42 Å². The van der Waals surface area contributed by atoms with Crippen molar-refractivity contribution in [1.82, 2.24) is 4.90 Å². The van der Waals surface area contributed by atoms with Crippen molar-refractivity contribution >= 4 is 5.97 Å². The number of aromatic carboxylic acids is 1. The first-order valence-electron chi connectivity index (χ1n) is 7.38. The molecule has 0 aromatic heterocycles. The van der Waals surface area contributed by atoms with Crippen molar-refractivity contribution in [3.8, 4) is 5.75 Å². The molecule has 2 rings (SSSR count). The summed E-state index contributed by atoms with van der Waals surface area (Å²) in [5.74, 6) is 0.0627. The first-order chi connectivity index (χ1) is 10.2. The Morgan fingerprint density at radius 2 is 2.29 bits per heavy atom. The predicted octanol–water partition coefficient (Wildman–Crippen LogP) is 2.12. The van der Waals surface area contributed by atoms with Crippen LogP contribution in [0.3, 0.4) is 0 Å². The van der Waals surface area contributed by atoms with Gasteiger partial charge in [0.2, 0.25) is 0 Å². The van der Waals surface area contributed by atoms with Crippen LogP contribution in [-0.4, -0.2) is 55.9 Å². The maximum Gasteiger partial charge on any atom is 0.339 e. The molecule has 0 bridgehead atoms. The molecule has 1 fully saturated rings. The number of hydrogen-bond acceptors (Lipinski definition) is 4. The fourth-order valence-electron chi connectivity index (χ4n) is 2.56. The molecule has 5 nitrogen and oxygen atoms in total. The highest BCUT2D eigenvalue weighted by Crippen LogP contribution is 2.18. The summed E-state index contributed by atoms with van der Waals surface area (Å²) in [6.07, 6.45) is 2.36. The van der Waals surface area contributed by atoms with E-state index in [2.05, 4.69) is 11.9 Å². The van der Waals surface area contributed by atoms with Crippen LogP contribution in [-0.2, 0) is 4.74 Å². The van der Waals surface area contributed by atoms with Crippen molar-refractivity contribution in [2.24, 2.45) is 5.92 Å². The van der Waals surface area contributed by atoms with Gasteiger partial charge in [-0.25, -0.2) is 4.79 Å². The fourth-order valence-corrected chi connectivity index (χ4v) is 2.56. The van der Waals surface area contributed by atoms with Gasteiger partial charge in [-0.15, -0.1) is 0 Å². The smallest absolute Gasteiger partial charge is 0.339 e. The van der Waals surface area contributed by atoms with E-state index in [-0.39, 0.29) is 5.56 Å². The zero-order valence-electron chi connectivity index (χ0n) is 12.5. The molecule has 0 spiro atoms. The van der Waals surface area contributed by atoms with Crippen molar-refractivity contribution in [3.05, 3.63) is 29.8 Å². The van der Waals surface area contributed by atoms with Gasteiger partial charge >= 0.3 is 5.97 Å². The monoisotopic (exact) mass is 293 g/mol. The third kappa shape index (κ3) is 5.02.